The molecule has 0 spiro atoms. The summed E-state index contributed by atoms with van der Waals surface area (Å²) >= 11 is 1.52. The van der Waals surface area contributed by atoms with E-state index in [2.05, 4.69) is 39.3 Å². The maximum absolute atomic E-state index is 4.58. The van der Waals surface area contributed by atoms with Crippen LogP contribution in [0.3, 0.4) is 0 Å². The van der Waals surface area contributed by atoms with Gasteiger partial charge in [-0.3, -0.25) is 0 Å². The summed E-state index contributed by atoms with van der Waals surface area (Å²) in [6.45, 7) is 6.98. The van der Waals surface area contributed by atoms with Gasteiger partial charge in [-0.1, -0.05) is 6.92 Å². The second-order valence-electron chi connectivity index (χ2n) is 4.13. The molecule has 0 saturated carbocycles. The average Bonchev–Trinajstić information content (AvgIpc) is 2.80. The molecule has 0 atom stereocenters. The zero-order valence-electron chi connectivity index (χ0n) is 11.6. The molecule has 0 radical (unpaired) electrons. The first-order chi connectivity index (χ1) is 9.15. The lowest BCUT2D eigenvalue weighted by Gasteiger charge is -2.11. The van der Waals surface area contributed by atoms with Gasteiger partial charge in [-0.05, 0) is 25.6 Å². The lowest BCUT2D eigenvalue weighted by Crippen LogP contribution is -2.07. The molecule has 2 rings (SSSR count). The number of hydrogen-bond acceptors (Lipinski definition) is 6. The van der Waals surface area contributed by atoms with E-state index in [1.807, 2.05) is 18.5 Å². The molecule has 0 aliphatic carbocycles. The highest BCUT2D eigenvalue weighted by molar-refractivity contribution is 7.99. The van der Waals surface area contributed by atoms with E-state index in [9.17, 15) is 0 Å². The van der Waals surface area contributed by atoms with Gasteiger partial charge in [0.15, 0.2) is 5.16 Å². The lowest BCUT2D eigenvalue weighted by molar-refractivity contribution is 0.783. The smallest absolute Gasteiger partial charge is 0.197 e. The van der Waals surface area contributed by atoms with Crippen LogP contribution in [0, 0.1) is 6.92 Å². The Hall–Kier alpha value is -1.63. The molecule has 0 aliphatic heterocycles. The molecule has 7 heteroatoms. The third kappa shape index (κ3) is 3.04. The van der Waals surface area contributed by atoms with Crippen LogP contribution in [0.4, 0.5) is 5.82 Å². The van der Waals surface area contributed by atoms with Gasteiger partial charge in [0.1, 0.15) is 23.0 Å². The summed E-state index contributed by atoms with van der Waals surface area (Å²) in [6, 6.07) is 0. The van der Waals surface area contributed by atoms with E-state index >= 15 is 0 Å². The van der Waals surface area contributed by atoms with Crippen molar-refractivity contribution in [2.24, 2.45) is 7.05 Å². The Morgan fingerprint density at radius 2 is 2.11 bits per heavy atom. The van der Waals surface area contributed by atoms with Crippen LogP contribution in [0.1, 0.15) is 25.2 Å². The van der Waals surface area contributed by atoms with E-state index in [1.165, 1.54) is 11.8 Å². The summed E-state index contributed by atoms with van der Waals surface area (Å²) in [4.78, 5) is 9.09. The highest BCUT2D eigenvalue weighted by atomic mass is 32.2. The largest absolute Gasteiger partial charge is 0.370 e. The molecule has 0 unspecified atom stereocenters. The molecule has 102 valence electrons. The summed E-state index contributed by atoms with van der Waals surface area (Å²) in [5, 5.41) is 13.0. The molecular weight excluding hydrogens is 260 g/mol. The van der Waals surface area contributed by atoms with Crippen LogP contribution in [0.5, 0.6) is 0 Å². The van der Waals surface area contributed by atoms with Crippen molar-refractivity contribution < 1.29 is 0 Å². The number of nitrogens with one attached hydrogen (secondary N) is 1. The minimum Gasteiger partial charge on any atom is -0.370 e. The van der Waals surface area contributed by atoms with Crippen molar-refractivity contribution in [3.63, 3.8) is 0 Å². The maximum atomic E-state index is 4.58. The van der Waals surface area contributed by atoms with Crippen LogP contribution in [-0.2, 0) is 13.5 Å². The normalized spacial score (nSPS) is 10.7. The van der Waals surface area contributed by atoms with E-state index in [1.54, 1.807) is 6.33 Å². The summed E-state index contributed by atoms with van der Waals surface area (Å²) in [6.07, 6.45) is 2.50. The first-order valence-electron chi connectivity index (χ1n) is 6.28. The quantitative estimate of drug-likeness (QED) is 0.844. The molecule has 19 heavy (non-hydrogen) atoms. The van der Waals surface area contributed by atoms with Crippen molar-refractivity contribution in [2.75, 3.05) is 11.9 Å². The van der Waals surface area contributed by atoms with E-state index in [0.29, 0.717) is 0 Å². The summed E-state index contributed by atoms with van der Waals surface area (Å²) < 4.78 is 1.88. The predicted molar refractivity (Wildman–Crippen MR) is 75.4 cm³/mol. The Morgan fingerprint density at radius 3 is 2.68 bits per heavy atom. The van der Waals surface area contributed by atoms with Crippen molar-refractivity contribution >= 4 is 17.6 Å². The van der Waals surface area contributed by atoms with Gasteiger partial charge >= 0.3 is 0 Å². The molecule has 0 bridgehead atoms. The third-order valence-electron chi connectivity index (χ3n) is 2.67. The Bertz CT molecular complexity index is 565. The summed E-state index contributed by atoms with van der Waals surface area (Å²) in [5.74, 6) is 1.74. The fourth-order valence-electron chi connectivity index (χ4n) is 1.59. The van der Waals surface area contributed by atoms with Gasteiger partial charge in [0.25, 0.3) is 0 Å². The van der Waals surface area contributed by atoms with Gasteiger partial charge in [0.2, 0.25) is 0 Å². The molecule has 0 saturated heterocycles. The average molecular weight is 278 g/mol. The standard InChI is InChI=1S/C12H18N6S/c1-5-9-15-10(13-6-2)8(3)11(16-9)19-12-17-14-7-18(12)4/h7H,5-6H2,1-4H3,(H,13,15,16). The van der Waals surface area contributed by atoms with Crippen LogP contribution in [0.2, 0.25) is 0 Å². The zero-order chi connectivity index (χ0) is 13.8. The Labute approximate surface area is 117 Å². The molecular formula is C12H18N6S. The number of aromatic nitrogens is 5. The molecule has 0 fully saturated rings. The molecule has 0 aromatic carbocycles. The van der Waals surface area contributed by atoms with Gasteiger partial charge in [0, 0.05) is 25.6 Å². The van der Waals surface area contributed by atoms with Gasteiger partial charge in [-0.25, -0.2) is 9.97 Å². The van der Waals surface area contributed by atoms with Gasteiger partial charge < -0.3 is 9.88 Å². The third-order valence-corrected chi connectivity index (χ3v) is 3.81. The minimum atomic E-state index is 0.811. The number of anilines is 1. The summed E-state index contributed by atoms with van der Waals surface area (Å²) in [5.41, 5.74) is 1.05. The van der Waals surface area contributed by atoms with Crippen LogP contribution in [0.25, 0.3) is 0 Å². The van der Waals surface area contributed by atoms with E-state index in [0.717, 1.165) is 40.4 Å². The number of nitrogens with zero attached hydrogens (tertiary/aromatic N) is 5. The van der Waals surface area contributed by atoms with Crippen molar-refractivity contribution in [3.05, 3.63) is 17.7 Å². The Kier molecular flexibility index (Phi) is 4.36. The highest BCUT2D eigenvalue weighted by Crippen LogP contribution is 2.29. The lowest BCUT2D eigenvalue weighted by atomic mass is 10.3. The maximum Gasteiger partial charge on any atom is 0.197 e. The number of rotatable bonds is 5. The van der Waals surface area contributed by atoms with Crippen LogP contribution < -0.4 is 5.32 Å². The van der Waals surface area contributed by atoms with Crippen molar-refractivity contribution in [1.29, 1.82) is 0 Å². The second kappa shape index (κ2) is 6.01. The fourth-order valence-corrected chi connectivity index (χ4v) is 2.44. The van der Waals surface area contributed by atoms with Gasteiger partial charge in [-0.15, -0.1) is 10.2 Å². The van der Waals surface area contributed by atoms with Crippen LogP contribution in [0.15, 0.2) is 16.5 Å². The first-order valence-corrected chi connectivity index (χ1v) is 7.10. The van der Waals surface area contributed by atoms with E-state index in [4.69, 9.17) is 0 Å². The van der Waals surface area contributed by atoms with E-state index < -0.39 is 0 Å². The summed E-state index contributed by atoms with van der Waals surface area (Å²) in [7, 11) is 1.92. The molecule has 2 heterocycles. The molecule has 2 aromatic heterocycles. The second-order valence-corrected chi connectivity index (χ2v) is 5.08. The molecule has 0 amide bonds. The molecule has 6 nitrogen and oxygen atoms in total. The predicted octanol–water partition coefficient (Wildman–Crippen LogP) is 2.06. The topological polar surface area (TPSA) is 68.5 Å². The Morgan fingerprint density at radius 1 is 1.32 bits per heavy atom. The molecule has 0 aliphatic rings. The van der Waals surface area contributed by atoms with Gasteiger partial charge in [0.05, 0.1) is 0 Å². The van der Waals surface area contributed by atoms with Crippen LogP contribution >= 0.6 is 11.8 Å². The number of hydrogen-bond donors (Lipinski definition) is 1. The Balaban J connectivity index is 2.38. The van der Waals surface area contributed by atoms with Crippen LogP contribution in [-0.4, -0.2) is 31.3 Å². The zero-order valence-corrected chi connectivity index (χ0v) is 12.5. The fraction of sp³-hybridized carbons (Fsp3) is 0.500. The van der Waals surface area contributed by atoms with E-state index in [-0.39, 0.29) is 0 Å². The first kappa shape index (κ1) is 13.8. The minimum absolute atomic E-state index is 0.811. The monoisotopic (exact) mass is 278 g/mol. The molecule has 2 aromatic rings. The van der Waals surface area contributed by atoms with Crippen molar-refractivity contribution in [2.45, 2.75) is 37.4 Å². The van der Waals surface area contributed by atoms with Crippen molar-refractivity contribution in [1.82, 2.24) is 24.7 Å². The SMILES string of the molecule is CCNc1nc(CC)nc(Sc2nncn2C)c1C. The van der Waals surface area contributed by atoms with Crippen molar-refractivity contribution in [3.8, 4) is 0 Å². The highest BCUT2D eigenvalue weighted by Gasteiger charge is 2.13. The van der Waals surface area contributed by atoms with Gasteiger partial charge in [-0.2, -0.15) is 0 Å². The molecule has 1 N–H and O–H groups in total. The number of aryl methyl sites for hydroxylation is 2.